The van der Waals surface area contributed by atoms with Gasteiger partial charge in [-0.25, -0.2) is 0 Å². The molecule has 1 saturated carbocycles. The first-order valence-corrected chi connectivity index (χ1v) is 6.87. The summed E-state index contributed by atoms with van der Waals surface area (Å²) in [4.78, 5) is 2.54. The summed E-state index contributed by atoms with van der Waals surface area (Å²) in [7, 11) is 0. The summed E-state index contributed by atoms with van der Waals surface area (Å²) in [6.07, 6.45) is 6.31. The summed E-state index contributed by atoms with van der Waals surface area (Å²) in [5.41, 5.74) is 0.119. The van der Waals surface area contributed by atoms with Crippen molar-refractivity contribution < 1.29 is 5.11 Å². The molecule has 0 unspecified atom stereocenters. The van der Waals surface area contributed by atoms with Gasteiger partial charge in [-0.15, -0.1) is 0 Å². The molecular formula is C13H26N2O. The minimum atomic E-state index is 0.119. The molecule has 2 N–H and O–H groups in total. The molecule has 3 heteroatoms. The summed E-state index contributed by atoms with van der Waals surface area (Å²) in [6.45, 7) is 7.03. The number of hydrogen-bond donors (Lipinski definition) is 2. The Balaban J connectivity index is 1.96. The average Bonchev–Trinajstić information content (AvgIpc) is 2.40. The minimum absolute atomic E-state index is 0.119. The molecule has 0 amide bonds. The van der Waals surface area contributed by atoms with Crippen molar-refractivity contribution in [3.63, 3.8) is 0 Å². The van der Waals surface area contributed by atoms with Gasteiger partial charge in [0, 0.05) is 31.7 Å². The van der Waals surface area contributed by atoms with E-state index in [1.807, 2.05) is 0 Å². The highest BCUT2D eigenvalue weighted by Crippen LogP contribution is 2.37. The Hall–Kier alpha value is -0.120. The molecule has 1 aliphatic carbocycles. The number of aliphatic hydroxyl groups excluding tert-OH is 1. The van der Waals surface area contributed by atoms with Crippen molar-refractivity contribution in [2.45, 2.75) is 44.6 Å². The summed E-state index contributed by atoms with van der Waals surface area (Å²) in [5, 5.41) is 13.2. The van der Waals surface area contributed by atoms with Crippen LogP contribution in [0.4, 0.5) is 0 Å². The van der Waals surface area contributed by atoms with Crippen molar-refractivity contribution in [1.29, 1.82) is 0 Å². The highest BCUT2D eigenvalue weighted by Gasteiger charge is 2.39. The van der Waals surface area contributed by atoms with E-state index in [-0.39, 0.29) is 5.54 Å². The van der Waals surface area contributed by atoms with E-state index in [9.17, 15) is 5.11 Å². The van der Waals surface area contributed by atoms with E-state index >= 15 is 0 Å². The minimum Gasteiger partial charge on any atom is -0.394 e. The van der Waals surface area contributed by atoms with Crippen LogP contribution in [0.2, 0.25) is 0 Å². The second kappa shape index (κ2) is 5.48. The molecule has 1 saturated heterocycles. The monoisotopic (exact) mass is 226 g/mol. The van der Waals surface area contributed by atoms with E-state index in [0.29, 0.717) is 6.61 Å². The molecule has 1 heterocycles. The molecule has 94 valence electrons. The zero-order chi connectivity index (χ0) is 11.4. The van der Waals surface area contributed by atoms with Crippen LogP contribution in [-0.2, 0) is 0 Å². The molecule has 2 aliphatic rings. The number of hydrogen-bond acceptors (Lipinski definition) is 3. The number of piperazine rings is 1. The number of aliphatic hydroxyl groups is 1. The van der Waals surface area contributed by atoms with Crippen molar-refractivity contribution in [1.82, 2.24) is 10.2 Å². The lowest BCUT2D eigenvalue weighted by Crippen LogP contribution is -2.59. The van der Waals surface area contributed by atoms with Gasteiger partial charge in [-0.3, -0.25) is 4.90 Å². The second-order valence-electron chi connectivity index (χ2n) is 5.47. The topological polar surface area (TPSA) is 35.5 Å². The van der Waals surface area contributed by atoms with Crippen molar-refractivity contribution in [2.75, 3.05) is 32.8 Å². The Labute approximate surface area is 99.2 Å². The maximum absolute atomic E-state index is 9.79. The Bertz CT molecular complexity index is 206. The van der Waals surface area contributed by atoms with Crippen molar-refractivity contribution >= 4 is 0 Å². The van der Waals surface area contributed by atoms with Gasteiger partial charge in [-0.05, 0) is 31.6 Å². The van der Waals surface area contributed by atoms with E-state index in [1.165, 1.54) is 32.1 Å². The Morgan fingerprint density at radius 3 is 2.38 bits per heavy atom. The lowest BCUT2D eigenvalue weighted by atomic mass is 9.75. The van der Waals surface area contributed by atoms with Crippen LogP contribution >= 0.6 is 0 Å². The first-order valence-electron chi connectivity index (χ1n) is 6.87. The molecule has 0 spiro atoms. The smallest absolute Gasteiger partial charge is 0.0615 e. The summed E-state index contributed by atoms with van der Waals surface area (Å²) in [6, 6.07) is 0. The highest BCUT2D eigenvalue weighted by atomic mass is 16.3. The van der Waals surface area contributed by atoms with Gasteiger partial charge in [-0.1, -0.05) is 13.3 Å². The van der Waals surface area contributed by atoms with E-state index < -0.39 is 0 Å². The molecule has 0 aromatic rings. The van der Waals surface area contributed by atoms with Gasteiger partial charge < -0.3 is 10.4 Å². The molecule has 0 aromatic carbocycles. The Kier molecular flexibility index (Phi) is 4.22. The fourth-order valence-corrected chi connectivity index (χ4v) is 3.34. The molecule has 0 aromatic heterocycles. The lowest BCUT2D eigenvalue weighted by molar-refractivity contribution is -0.0165. The fourth-order valence-electron chi connectivity index (χ4n) is 3.34. The standard InChI is InChI=1S/C13H26N2O/c1-2-12-3-5-13(11-16,6-4-12)15-9-7-14-8-10-15/h12,14,16H,2-11H2,1H3. The van der Waals surface area contributed by atoms with E-state index in [2.05, 4.69) is 17.1 Å². The normalized spacial score (nSPS) is 37.5. The molecular weight excluding hydrogens is 200 g/mol. The molecule has 0 atom stereocenters. The Morgan fingerprint density at radius 1 is 1.25 bits per heavy atom. The predicted molar refractivity (Wildman–Crippen MR) is 66.5 cm³/mol. The quantitative estimate of drug-likeness (QED) is 0.759. The maximum Gasteiger partial charge on any atom is 0.0615 e. The lowest BCUT2D eigenvalue weighted by Gasteiger charge is -2.48. The van der Waals surface area contributed by atoms with Crippen molar-refractivity contribution in [3.8, 4) is 0 Å². The average molecular weight is 226 g/mol. The molecule has 16 heavy (non-hydrogen) atoms. The van der Waals surface area contributed by atoms with Gasteiger partial charge in [0.25, 0.3) is 0 Å². The third kappa shape index (κ3) is 2.41. The molecule has 2 rings (SSSR count). The zero-order valence-electron chi connectivity index (χ0n) is 10.5. The van der Waals surface area contributed by atoms with Crippen LogP contribution in [0.25, 0.3) is 0 Å². The molecule has 3 nitrogen and oxygen atoms in total. The van der Waals surface area contributed by atoms with Gasteiger partial charge in [0.05, 0.1) is 6.61 Å². The van der Waals surface area contributed by atoms with Gasteiger partial charge in [-0.2, -0.15) is 0 Å². The fraction of sp³-hybridized carbons (Fsp3) is 1.00. The molecule has 0 radical (unpaired) electrons. The van der Waals surface area contributed by atoms with Crippen LogP contribution in [0.3, 0.4) is 0 Å². The number of rotatable bonds is 3. The van der Waals surface area contributed by atoms with Crippen LogP contribution < -0.4 is 5.32 Å². The van der Waals surface area contributed by atoms with Crippen molar-refractivity contribution in [2.24, 2.45) is 5.92 Å². The zero-order valence-corrected chi connectivity index (χ0v) is 10.5. The first-order chi connectivity index (χ1) is 7.80. The van der Waals surface area contributed by atoms with E-state index in [4.69, 9.17) is 0 Å². The first kappa shape index (κ1) is 12.3. The predicted octanol–water partition coefficient (Wildman–Crippen LogP) is 1.22. The number of nitrogens with one attached hydrogen (secondary N) is 1. The summed E-state index contributed by atoms with van der Waals surface area (Å²) >= 11 is 0. The summed E-state index contributed by atoms with van der Waals surface area (Å²) in [5.74, 6) is 0.905. The van der Waals surface area contributed by atoms with Gasteiger partial charge in [0.1, 0.15) is 0 Å². The Morgan fingerprint density at radius 2 is 1.88 bits per heavy atom. The van der Waals surface area contributed by atoms with Crippen LogP contribution in [0, 0.1) is 5.92 Å². The van der Waals surface area contributed by atoms with Crippen LogP contribution in [0.5, 0.6) is 0 Å². The van der Waals surface area contributed by atoms with E-state index in [1.54, 1.807) is 0 Å². The van der Waals surface area contributed by atoms with Crippen LogP contribution in [0.1, 0.15) is 39.0 Å². The maximum atomic E-state index is 9.79. The second-order valence-corrected chi connectivity index (χ2v) is 5.47. The molecule has 0 bridgehead atoms. The van der Waals surface area contributed by atoms with Crippen LogP contribution in [-0.4, -0.2) is 48.3 Å². The highest BCUT2D eigenvalue weighted by molar-refractivity contribution is 4.95. The summed E-state index contributed by atoms with van der Waals surface area (Å²) < 4.78 is 0. The van der Waals surface area contributed by atoms with Gasteiger partial charge >= 0.3 is 0 Å². The van der Waals surface area contributed by atoms with Gasteiger partial charge in [0.15, 0.2) is 0 Å². The third-order valence-corrected chi connectivity index (χ3v) is 4.70. The molecule has 2 fully saturated rings. The van der Waals surface area contributed by atoms with Crippen molar-refractivity contribution in [3.05, 3.63) is 0 Å². The molecule has 1 aliphatic heterocycles. The van der Waals surface area contributed by atoms with Gasteiger partial charge in [0.2, 0.25) is 0 Å². The third-order valence-electron chi connectivity index (χ3n) is 4.70. The largest absolute Gasteiger partial charge is 0.394 e. The van der Waals surface area contributed by atoms with Crippen LogP contribution in [0.15, 0.2) is 0 Å². The number of nitrogens with zero attached hydrogens (tertiary/aromatic N) is 1. The van der Waals surface area contributed by atoms with E-state index in [0.717, 1.165) is 32.1 Å². The SMILES string of the molecule is CCC1CCC(CO)(N2CCNCC2)CC1.